The quantitative estimate of drug-likeness (QED) is 0.254. The maximum absolute atomic E-state index is 11.6. The van der Waals surface area contributed by atoms with E-state index < -0.39 is 17.9 Å². The zero-order valence-electron chi connectivity index (χ0n) is 10.5. The van der Waals surface area contributed by atoms with Crippen molar-refractivity contribution in [3.8, 4) is 11.8 Å². The van der Waals surface area contributed by atoms with Gasteiger partial charge in [0.2, 0.25) is 0 Å². The van der Waals surface area contributed by atoms with Gasteiger partial charge in [0.05, 0.1) is 18.6 Å². The molecule has 0 heterocycles. The maximum atomic E-state index is 11.6. The molecule has 0 radical (unpaired) electrons. The standard InChI is InChI=1S/C12H17IO4/c1-8(2)9(6-5-7-13)10(11(14)16-3)12(15)17-4/h8-10H,7H2,1-4H3. The first-order valence-corrected chi connectivity index (χ1v) is 6.72. The van der Waals surface area contributed by atoms with E-state index >= 15 is 0 Å². The Morgan fingerprint density at radius 2 is 1.65 bits per heavy atom. The SMILES string of the molecule is COC(=O)C(C(=O)OC)C(C#CCI)C(C)C. The van der Waals surface area contributed by atoms with E-state index in [0.717, 1.165) is 0 Å². The van der Waals surface area contributed by atoms with Crippen molar-refractivity contribution in [2.75, 3.05) is 18.6 Å². The number of ether oxygens (including phenoxy) is 2. The predicted molar refractivity (Wildman–Crippen MR) is 72.5 cm³/mol. The van der Waals surface area contributed by atoms with Crippen LogP contribution in [0.3, 0.4) is 0 Å². The molecular weight excluding hydrogens is 335 g/mol. The van der Waals surface area contributed by atoms with Crippen LogP contribution in [0.25, 0.3) is 0 Å². The summed E-state index contributed by atoms with van der Waals surface area (Å²) < 4.78 is 9.92. The summed E-state index contributed by atoms with van der Waals surface area (Å²) in [5, 5.41) is 0. The third-order valence-electron chi connectivity index (χ3n) is 2.32. The van der Waals surface area contributed by atoms with E-state index in [9.17, 15) is 9.59 Å². The van der Waals surface area contributed by atoms with Crippen LogP contribution in [0, 0.1) is 29.6 Å². The van der Waals surface area contributed by atoms with Gasteiger partial charge in [0.1, 0.15) is 0 Å². The number of hydrogen-bond acceptors (Lipinski definition) is 4. The fraction of sp³-hybridized carbons (Fsp3) is 0.667. The van der Waals surface area contributed by atoms with Gasteiger partial charge in [-0.1, -0.05) is 48.3 Å². The van der Waals surface area contributed by atoms with E-state index in [-0.39, 0.29) is 11.8 Å². The fourth-order valence-electron chi connectivity index (χ4n) is 1.43. The van der Waals surface area contributed by atoms with Crippen LogP contribution >= 0.6 is 22.6 Å². The predicted octanol–water partition coefficient (Wildman–Crippen LogP) is 1.66. The van der Waals surface area contributed by atoms with Crippen LogP contribution in [-0.2, 0) is 19.1 Å². The van der Waals surface area contributed by atoms with Gasteiger partial charge in [-0.3, -0.25) is 9.59 Å². The number of carbonyl (C=O) groups is 2. The zero-order chi connectivity index (χ0) is 13.4. The van der Waals surface area contributed by atoms with Gasteiger partial charge >= 0.3 is 11.9 Å². The number of carbonyl (C=O) groups excluding carboxylic acids is 2. The molecule has 0 rings (SSSR count). The lowest BCUT2D eigenvalue weighted by molar-refractivity contribution is -0.161. The Bertz CT molecular complexity index is 311. The van der Waals surface area contributed by atoms with E-state index in [4.69, 9.17) is 0 Å². The molecule has 4 nitrogen and oxygen atoms in total. The number of rotatable bonds is 4. The largest absolute Gasteiger partial charge is 0.468 e. The van der Waals surface area contributed by atoms with Crippen LogP contribution in [0.15, 0.2) is 0 Å². The lowest BCUT2D eigenvalue weighted by atomic mass is 9.83. The fourth-order valence-corrected chi connectivity index (χ4v) is 1.65. The number of halogens is 1. The van der Waals surface area contributed by atoms with Crippen LogP contribution in [0.4, 0.5) is 0 Å². The van der Waals surface area contributed by atoms with Crippen molar-refractivity contribution in [3.63, 3.8) is 0 Å². The van der Waals surface area contributed by atoms with Gasteiger partial charge < -0.3 is 9.47 Å². The first-order valence-electron chi connectivity index (χ1n) is 5.19. The monoisotopic (exact) mass is 352 g/mol. The summed E-state index contributed by atoms with van der Waals surface area (Å²) in [5.41, 5.74) is 0. The first kappa shape index (κ1) is 16.2. The van der Waals surface area contributed by atoms with E-state index in [1.165, 1.54) is 14.2 Å². The second-order valence-electron chi connectivity index (χ2n) is 3.75. The highest BCUT2D eigenvalue weighted by molar-refractivity contribution is 14.1. The molecule has 0 aromatic carbocycles. The van der Waals surface area contributed by atoms with Crippen LogP contribution < -0.4 is 0 Å². The lowest BCUT2D eigenvalue weighted by Gasteiger charge is -2.21. The van der Waals surface area contributed by atoms with Gasteiger partial charge in [0.15, 0.2) is 5.92 Å². The summed E-state index contributed by atoms with van der Waals surface area (Å²) in [6.07, 6.45) is 0. The Labute approximate surface area is 116 Å². The van der Waals surface area contributed by atoms with Gasteiger partial charge in [-0.15, -0.1) is 0 Å². The maximum Gasteiger partial charge on any atom is 0.321 e. The minimum Gasteiger partial charge on any atom is -0.468 e. The third-order valence-corrected chi connectivity index (χ3v) is 2.70. The molecule has 0 bridgehead atoms. The van der Waals surface area contributed by atoms with Gasteiger partial charge in [-0.2, -0.15) is 0 Å². The first-order chi connectivity index (χ1) is 7.99. The molecule has 0 amide bonds. The van der Waals surface area contributed by atoms with Gasteiger partial charge in [0.25, 0.3) is 0 Å². The molecule has 5 heteroatoms. The molecule has 0 aliphatic carbocycles. The van der Waals surface area contributed by atoms with Crippen molar-refractivity contribution in [2.24, 2.45) is 17.8 Å². The summed E-state index contributed by atoms with van der Waals surface area (Å²) in [6.45, 7) is 3.82. The lowest BCUT2D eigenvalue weighted by Crippen LogP contribution is -2.35. The van der Waals surface area contributed by atoms with Crippen LogP contribution in [-0.4, -0.2) is 30.6 Å². The third kappa shape index (κ3) is 4.94. The minimum atomic E-state index is -0.972. The highest BCUT2D eigenvalue weighted by Gasteiger charge is 2.37. The van der Waals surface area contributed by atoms with Crippen molar-refractivity contribution in [3.05, 3.63) is 0 Å². The highest BCUT2D eigenvalue weighted by atomic mass is 127. The van der Waals surface area contributed by atoms with Crippen LogP contribution in [0.2, 0.25) is 0 Å². The van der Waals surface area contributed by atoms with Gasteiger partial charge in [0, 0.05) is 5.92 Å². The zero-order valence-corrected chi connectivity index (χ0v) is 12.6. The topological polar surface area (TPSA) is 52.6 Å². The number of methoxy groups -OCH3 is 2. The van der Waals surface area contributed by atoms with E-state index in [1.807, 2.05) is 13.8 Å². The summed E-state index contributed by atoms with van der Waals surface area (Å²) in [7, 11) is 2.50. The normalized spacial score (nSPS) is 11.7. The summed E-state index contributed by atoms with van der Waals surface area (Å²) >= 11 is 2.11. The van der Waals surface area contributed by atoms with E-state index in [2.05, 4.69) is 43.9 Å². The minimum absolute atomic E-state index is 0.0636. The molecular formula is C12H17IO4. The Morgan fingerprint density at radius 1 is 1.18 bits per heavy atom. The molecule has 96 valence electrons. The Balaban J connectivity index is 5.21. The molecule has 1 unspecified atom stereocenters. The second kappa shape index (κ2) is 8.34. The molecule has 0 saturated carbocycles. The molecule has 1 atom stereocenters. The summed E-state index contributed by atoms with van der Waals surface area (Å²) in [6, 6.07) is 0. The average Bonchev–Trinajstić information content (AvgIpc) is 2.32. The molecule has 0 spiro atoms. The molecule has 0 aliphatic heterocycles. The van der Waals surface area contributed by atoms with E-state index in [0.29, 0.717) is 4.43 Å². The Kier molecular flexibility index (Phi) is 7.96. The van der Waals surface area contributed by atoms with Gasteiger partial charge in [-0.05, 0) is 5.92 Å². The summed E-state index contributed by atoms with van der Waals surface area (Å²) in [5.74, 6) is 3.34. The number of alkyl halides is 1. The smallest absolute Gasteiger partial charge is 0.321 e. The Morgan fingerprint density at radius 3 is 1.94 bits per heavy atom. The molecule has 0 aliphatic rings. The molecule has 0 aromatic heterocycles. The Hall–Kier alpha value is -0.770. The van der Waals surface area contributed by atoms with Crippen molar-refractivity contribution < 1.29 is 19.1 Å². The van der Waals surface area contributed by atoms with Crippen molar-refractivity contribution in [1.29, 1.82) is 0 Å². The molecule has 17 heavy (non-hydrogen) atoms. The number of esters is 2. The summed E-state index contributed by atoms with van der Waals surface area (Å²) in [4.78, 5) is 23.3. The molecule has 0 N–H and O–H groups in total. The highest BCUT2D eigenvalue weighted by Crippen LogP contribution is 2.23. The van der Waals surface area contributed by atoms with E-state index in [1.54, 1.807) is 0 Å². The van der Waals surface area contributed by atoms with Crippen LogP contribution in [0.1, 0.15) is 13.8 Å². The molecule has 0 saturated heterocycles. The van der Waals surface area contributed by atoms with Crippen molar-refractivity contribution in [1.82, 2.24) is 0 Å². The molecule has 0 aromatic rings. The average molecular weight is 352 g/mol. The molecule has 0 fully saturated rings. The van der Waals surface area contributed by atoms with Crippen LogP contribution in [0.5, 0.6) is 0 Å². The van der Waals surface area contributed by atoms with Crippen molar-refractivity contribution in [2.45, 2.75) is 13.8 Å². The van der Waals surface area contributed by atoms with Crippen molar-refractivity contribution >= 4 is 34.5 Å². The second-order valence-corrected chi connectivity index (χ2v) is 4.51. The van der Waals surface area contributed by atoms with Gasteiger partial charge in [-0.25, -0.2) is 0 Å². The number of hydrogen-bond donors (Lipinski definition) is 0.